The zero-order valence-electron chi connectivity index (χ0n) is 11.9. The average Bonchev–Trinajstić information content (AvgIpc) is 3.08. The molecule has 3 rings (SSSR count). The topological polar surface area (TPSA) is 62.4 Å². The number of benzene rings is 1. The van der Waals surface area contributed by atoms with Crippen molar-refractivity contribution in [3.05, 3.63) is 46.6 Å². The molecule has 2 atom stereocenters. The van der Waals surface area contributed by atoms with Crippen molar-refractivity contribution in [3.8, 4) is 0 Å². The minimum atomic E-state index is -0.618. The molecule has 0 spiro atoms. The van der Waals surface area contributed by atoms with Gasteiger partial charge in [0.1, 0.15) is 0 Å². The summed E-state index contributed by atoms with van der Waals surface area (Å²) in [5, 5.41) is 15.0. The first-order chi connectivity index (χ1) is 10.1. The highest BCUT2D eigenvalue weighted by molar-refractivity contribution is 6.31. The van der Waals surface area contributed by atoms with Crippen LogP contribution >= 0.6 is 11.6 Å². The van der Waals surface area contributed by atoms with Gasteiger partial charge >= 0.3 is 0 Å². The molecule has 0 aliphatic carbocycles. The molecule has 1 aromatic heterocycles. The van der Waals surface area contributed by atoms with Gasteiger partial charge in [0, 0.05) is 24.1 Å². The van der Waals surface area contributed by atoms with Crippen molar-refractivity contribution in [2.75, 3.05) is 13.1 Å². The van der Waals surface area contributed by atoms with E-state index in [4.69, 9.17) is 16.1 Å². The summed E-state index contributed by atoms with van der Waals surface area (Å²) in [5.41, 5.74) is 0.758. The number of likely N-dealkylation sites (tertiary alicyclic amines) is 1. The molecule has 0 saturated carbocycles. The minimum Gasteiger partial charge on any atom is -0.387 e. The van der Waals surface area contributed by atoms with E-state index in [0.29, 0.717) is 23.3 Å². The summed E-state index contributed by atoms with van der Waals surface area (Å²) < 4.78 is 5.06. The first-order valence-electron chi connectivity index (χ1n) is 7.12. The molecule has 6 heteroatoms. The molecule has 21 heavy (non-hydrogen) atoms. The Morgan fingerprint density at radius 1 is 1.48 bits per heavy atom. The van der Waals surface area contributed by atoms with Crippen LogP contribution in [0.4, 0.5) is 0 Å². The molecule has 1 aliphatic rings. The van der Waals surface area contributed by atoms with Gasteiger partial charge in [-0.3, -0.25) is 4.90 Å². The van der Waals surface area contributed by atoms with Crippen molar-refractivity contribution in [2.24, 2.45) is 0 Å². The molecule has 1 saturated heterocycles. The van der Waals surface area contributed by atoms with Crippen LogP contribution in [0.25, 0.3) is 0 Å². The smallest absolute Gasteiger partial charge is 0.223 e. The Balaban J connectivity index is 1.73. The SMILES string of the molecule is Cc1nc([C@@H]2CCCN2C[C@H](O)c2ccccc2Cl)no1. The molecule has 2 aromatic rings. The van der Waals surface area contributed by atoms with E-state index in [0.717, 1.165) is 24.9 Å². The van der Waals surface area contributed by atoms with Crippen molar-refractivity contribution in [1.29, 1.82) is 0 Å². The molecule has 1 fully saturated rings. The predicted molar refractivity (Wildman–Crippen MR) is 79.0 cm³/mol. The van der Waals surface area contributed by atoms with Gasteiger partial charge in [0.05, 0.1) is 12.1 Å². The summed E-state index contributed by atoms with van der Waals surface area (Å²) in [6.45, 7) is 3.22. The van der Waals surface area contributed by atoms with Crippen molar-refractivity contribution >= 4 is 11.6 Å². The van der Waals surface area contributed by atoms with Gasteiger partial charge in [-0.15, -0.1) is 0 Å². The third-order valence-electron chi connectivity index (χ3n) is 3.88. The van der Waals surface area contributed by atoms with Crippen LogP contribution in [-0.2, 0) is 0 Å². The van der Waals surface area contributed by atoms with Crippen LogP contribution in [0.5, 0.6) is 0 Å². The minimum absolute atomic E-state index is 0.111. The second-order valence-electron chi connectivity index (χ2n) is 5.36. The number of hydrogen-bond acceptors (Lipinski definition) is 5. The molecule has 5 nitrogen and oxygen atoms in total. The molecule has 0 amide bonds. The molecule has 1 N–H and O–H groups in total. The van der Waals surface area contributed by atoms with Crippen molar-refractivity contribution in [1.82, 2.24) is 15.0 Å². The van der Waals surface area contributed by atoms with Crippen LogP contribution in [0, 0.1) is 6.92 Å². The fourth-order valence-electron chi connectivity index (χ4n) is 2.85. The van der Waals surface area contributed by atoms with Gasteiger partial charge < -0.3 is 9.63 Å². The summed E-state index contributed by atoms with van der Waals surface area (Å²) in [4.78, 5) is 6.51. The summed E-state index contributed by atoms with van der Waals surface area (Å²) in [6, 6.07) is 7.51. The lowest BCUT2D eigenvalue weighted by Gasteiger charge is -2.25. The summed E-state index contributed by atoms with van der Waals surface area (Å²) in [7, 11) is 0. The number of aryl methyl sites for hydroxylation is 1. The van der Waals surface area contributed by atoms with Crippen molar-refractivity contribution in [2.45, 2.75) is 31.9 Å². The number of hydrogen-bond donors (Lipinski definition) is 1. The second kappa shape index (κ2) is 6.13. The molecule has 1 aliphatic heterocycles. The van der Waals surface area contributed by atoms with Crippen LogP contribution in [-0.4, -0.2) is 33.2 Å². The highest BCUT2D eigenvalue weighted by Gasteiger charge is 2.31. The van der Waals surface area contributed by atoms with E-state index in [1.54, 1.807) is 13.0 Å². The first-order valence-corrected chi connectivity index (χ1v) is 7.49. The quantitative estimate of drug-likeness (QED) is 0.941. The van der Waals surface area contributed by atoms with Crippen LogP contribution < -0.4 is 0 Å². The van der Waals surface area contributed by atoms with E-state index in [2.05, 4.69) is 15.0 Å². The van der Waals surface area contributed by atoms with E-state index in [9.17, 15) is 5.11 Å². The average molecular weight is 308 g/mol. The molecular weight excluding hydrogens is 290 g/mol. The van der Waals surface area contributed by atoms with Crippen LogP contribution in [0.15, 0.2) is 28.8 Å². The highest BCUT2D eigenvalue weighted by atomic mass is 35.5. The highest BCUT2D eigenvalue weighted by Crippen LogP contribution is 2.33. The van der Waals surface area contributed by atoms with Gasteiger partial charge in [-0.2, -0.15) is 4.98 Å². The van der Waals surface area contributed by atoms with Gasteiger partial charge in [-0.25, -0.2) is 0 Å². The standard InChI is InChI=1S/C15H18ClN3O2/c1-10-17-15(18-21-10)13-7-4-8-19(13)9-14(20)11-5-2-3-6-12(11)16/h2-3,5-6,13-14,20H,4,7-9H2,1H3/t13-,14-/m0/s1. The van der Waals surface area contributed by atoms with Crippen LogP contribution in [0.3, 0.4) is 0 Å². The maximum absolute atomic E-state index is 10.4. The Morgan fingerprint density at radius 2 is 2.29 bits per heavy atom. The number of aromatic nitrogens is 2. The third-order valence-corrected chi connectivity index (χ3v) is 4.22. The first kappa shape index (κ1) is 14.5. The lowest BCUT2D eigenvalue weighted by Crippen LogP contribution is -2.29. The summed E-state index contributed by atoms with van der Waals surface area (Å²) >= 11 is 6.14. The molecule has 0 unspecified atom stereocenters. The zero-order chi connectivity index (χ0) is 14.8. The Morgan fingerprint density at radius 3 is 3.00 bits per heavy atom. The Kier molecular flexibility index (Phi) is 4.24. The fourth-order valence-corrected chi connectivity index (χ4v) is 3.11. The molecular formula is C15H18ClN3O2. The maximum Gasteiger partial charge on any atom is 0.223 e. The molecule has 0 radical (unpaired) electrons. The Labute approximate surface area is 128 Å². The number of aliphatic hydroxyl groups excluding tert-OH is 1. The maximum atomic E-state index is 10.4. The lowest BCUT2D eigenvalue weighted by atomic mass is 10.1. The Bertz CT molecular complexity index is 616. The number of rotatable bonds is 4. The fraction of sp³-hybridized carbons (Fsp3) is 0.467. The van der Waals surface area contributed by atoms with Gasteiger partial charge in [0.2, 0.25) is 5.89 Å². The third kappa shape index (κ3) is 3.10. The van der Waals surface area contributed by atoms with E-state index in [1.807, 2.05) is 18.2 Å². The van der Waals surface area contributed by atoms with Crippen LogP contribution in [0.1, 0.15) is 42.3 Å². The number of β-amino-alcohol motifs (C(OH)–C–C–N with tert-alkyl or cyclic N) is 1. The van der Waals surface area contributed by atoms with Gasteiger partial charge in [0.25, 0.3) is 0 Å². The van der Waals surface area contributed by atoms with E-state index < -0.39 is 6.10 Å². The second-order valence-corrected chi connectivity index (χ2v) is 5.77. The predicted octanol–water partition coefficient (Wildman–Crippen LogP) is 2.90. The monoisotopic (exact) mass is 307 g/mol. The largest absolute Gasteiger partial charge is 0.387 e. The van der Waals surface area contributed by atoms with Gasteiger partial charge in [0.15, 0.2) is 5.82 Å². The van der Waals surface area contributed by atoms with E-state index in [1.165, 1.54) is 0 Å². The molecule has 2 heterocycles. The van der Waals surface area contributed by atoms with Crippen molar-refractivity contribution in [3.63, 3.8) is 0 Å². The summed E-state index contributed by atoms with van der Waals surface area (Å²) in [6.07, 6.45) is 1.43. The normalized spacial score (nSPS) is 20.8. The van der Waals surface area contributed by atoms with Gasteiger partial charge in [-0.05, 0) is 25.5 Å². The van der Waals surface area contributed by atoms with E-state index in [-0.39, 0.29) is 6.04 Å². The van der Waals surface area contributed by atoms with E-state index >= 15 is 0 Å². The number of nitrogens with zero attached hydrogens (tertiary/aromatic N) is 3. The summed E-state index contributed by atoms with van der Waals surface area (Å²) in [5.74, 6) is 1.28. The molecule has 112 valence electrons. The van der Waals surface area contributed by atoms with Gasteiger partial charge in [-0.1, -0.05) is 35.0 Å². The van der Waals surface area contributed by atoms with Crippen LogP contribution in [0.2, 0.25) is 5.02 Å². The molecule has 1 aromatic carbocycles. The number of halogens is 1. The van der Waals surface area contributed by atoms with Crippen molar-refractivity contribution < 1.29 is 9.63 Å². The lowest BCUT2D eigenvalue weighted by molar-refractivity contribution is 0.103. The molecule has 0 bridgehead atoms. The zero-order valence-corrected chi connectivity index (χ0v) is 12.6. The Hall–Kier alpha value is -1.43. The number of aliphatic hydroxyl groups is 1.